The smallest absolute Gasteiger partial charge is 0.405 e. The van der Waals surface area contributed by atoms with Gasteiger partial charge < -0.3 is 10.4 Å². The van der Waals surface area contributed by atoms with Crippen molar-refractivity contribution in [3.05, 3.63) is 0 Å². The van der Waals surface area contributed by atoms with Crippen LogP contribution in [-0.4, -0.2) is 29.6 Å². The third kappa shape index (κ3) is 6.33. The Morgan fingerprint density at radius 2 is 1.83 bits per heavy atom. The molecule has 3 amide bonds. The van der Waals surface area contributed by atoms with Crippen molar-refractivity contribution in [1.29, 1.82) is 0 Å². The summed E-state index contributed by atoms with van der Waals surface area (Å²) in [5, 5.41) is 9.88. The standard InChI is InChI=1S/C5H9N3O4/c1-3(9)7-8-4(10)2-6-5(11)12/h6H,2H2,1H3,(H,7,9)(H,8,10)(H,11,12). The van der Waals surface area contributed by atoms with Gasteiger partial charge in [0.15, 0.2) is 0 Å². The highest BCUT2D eigenvalue weighted by molar-refractivity contribution is 5.84. The molecule has 12 heavy (non-hydrogen) atoms. The lowest BCUT2D eigenvalue weighted by molar-refractivity contribution is -0.127. The van der Waals surface area contributed by atoms with Crippen LogP contribution in [0.5, 0.6) is 0 Å². The van der Waals surface area contributed by atoms with E-state index in [0.29, 0.717) is 0 Å². The Labute approximate surface area is 68.1 Å². The lowest BCUT2D eigenvalue weighted by Gasteiger charge is -2.03. The Hall–Kier alpha value is -1.79. The van der Waals surface area contributed by atoms with Crippen LogP contribution in [0.4, 0.5) is 4.79 Å². The van der Waals surface area contributed by atoms with Gasteiger partial charge in [0, 0.05) is 6.92 Å². The normalized spacial score (nSPS) is 8.42. The predicted molar refractivity (Wildman–Crippen MR) is 38.0 cm³/mol. The Morgan fingerprint density at radius 3 is 2.25 bits per heavy atom. The summed E-state index contributed by atoms with van der Waals surface area (Å²) in [4.78, 5) is 30.7. The van der Waals surface area contributed by atoms with E-state index in [9.17, 15) is 14.4 Å². The fourth-order valence-electron chi connectivity index (χ4n) is 0.358. The van der Waals surface area contributed by atoms with E-state index >= 15 is 0 Å². The summed E-state index contributed by atoms with van der Waals surface area (Å²) in [6.07, 6.45) is -1.30. The molecular weight excluding hydrogens is 166 g/mol. The molecule has 7 nitrogen and oxygen atoms in total. The number of amides is 3. The molecule has 0 atom stereocenters. The maximum absolute atomic E-state index is 10.6. The van der Waals surface area contributed by atoms with Crippen molar-refractivity contribution in [3.63, 3.8) is 0 Å². The molecule has 0 aliphatic carbocycles. The van der Waals surface area contributed by atoms with Gasteiger partial charge in [-0.1, -0.05) is 0 Å². The third-order valence-electron chi connectivity index (χ3n) is 0.778. The van der Waals surface area contributed by atoms with Gasteiger partial charge in [-0.2, -0.15) is 0 Å². The van der Waals surface area contributed by atoms with Crippen molar-refractivity contribution in [2.45, 2.75) is 6.92 Å². The fourth-order valence-corrected chi connectivity index (χ4v) is 0.358. The molecule has 0 rings (SSSR count). The number of rotatable bonds is 2. The van der Waals surface area contributed by atoms with E-state index in [2.05, 4.69) is 0 Å². The van der Waals surface area contributed by atoms with Crippen molar-refractivity contribution in [2.75, 3.05) is 6.54 Å². The molecule has 0 unspecified atom stereocenters. The summed E-state index contributed by atoms with van der Waals surface area (Å²) in [6, 6.07) is 0. The number of hydrogen-bond acceptors (Lipinski definition) is 3. The van der Waals surface area contributed by atoms with Crippen molar-refractivity contribution in [2.24, 2.45) is 0 Å². The van der Waals surface area contributed by atoms with Crippen LogP contribution in [0.25, 0.3) is 0 Å². The first-order chi connectivity index (χ1) is 5.52. The largest absolute Gasteiger partial charge is 0.465 e. The molecule has 7 heteroatoms. The van der Waals surface area contributed by atoms with Crippen LogP contribution in [-0.2, 0) is 9.59 Å². The quantitative estimate of drug-likeness (QED) is 0.380. The summed E-state index contributed by atoms with van der Waals surface area (Å²) in [5.41, 5.74) is 3.97. The molecule has 68 valence electrons. The Balaban J connectivity index is 3.47. The molecule has 0 aliphatic rings. The van der Waals surface area contributed by atoms with Gasteiger partial charge in [-0.05, 0) is 0 Å². The van der Waals surface area contributed by atoms with Crippen LogP contribution in [0.3, 0.4) is 0 Å². The van der Waals surface area contributed by atoms with Crippen LogP contribution >= 0.6 is 0 Å². The zero-order valence-electron chi connectivity index (χ0n) is 6.38. The van der Waals surface area contributed by atoms with E-state index in [4.69, 9.17) is 5.11 Å². The number of nitrogens with one attached hydrogen (secondary N) is 3. The Kier molecular flexibility index (Phi) is 4.20. The molecule has 0 aromatic rings. The van der Waals surface area contributed by atoms with Crippen molar-refractivity contribution < 1.29 is 19.5 Å². The highest BCUT2D eigenvalue weighted by atomic mass is 16.4. The summed E-state index contributed by atoms with van der Waals surface area (Å²) in [5.74, 6) is -1.06. The minimum atomic E-state index is -1.30. The second kappa shape index (κ2) is 4.94. The Bertz CT molecular complexity index is 183. The van der Waals surface area contributed by atoms with Crippen LogP contribution in [0, 0.1) is 0 Å². The maximum atomic E-state index is 10.6. The second-order valence-electron chi connectivity index (χ2n) is 1.89. The van der Waals surface area contributed by atoms with Gasteiger partial charge in [-0.3, -0.25) is 20.4 Å². The first-order valence-electron chi connectivity index (χ1n) is 3.04. The van der Waals surface area contributed by atoms with E-state index < -0.39 is 24.5 Å². The first kappa shape index (κ1) is 10.2. The highest BCUT2D eigenvalue weighted by Crippen LogP contribution is 1.63. The lowest BCUT2D eigenvalue weighted by atomic mass is 10.6. The zero-order chi connectivity index (χ0) is 9.56. The minimum Gasteiger partial charge on any atom is -0.465 e. The van der Waals surface area contributed by atoms with Gasteiger partial charge >= 0.3 is 6.09 Å². The Morgan fingerprint density at radius 1 is 1.25 bits per heavy atom. The third-order valence-corrected chi connectivity index (χ3v) is 0.778. The average Bonchev–Trinajstić information content (AvgIpc) is 1.96. The first-order valence-corrected chi connectivity index (χ1v) is 3.04. The number of hydrazine groups is 1. The van der Waals surface area contributed by atoms with Crippen molar-refractivity contribution in [3.8, 4) is 0 Å². The van der Waals surface area contributed by atoms with Crippen LogP contribution < -0.4 is 16.2 Å². The zero-order valence-corrected chi connectivity index (χ0v) is 6.38. The molecule has 0 bridgehead atoms. The molecule has 0 saturated carbocycles. The maximum Gasteiger partial charge on any atom is 0.405 e. The molecule has 4 N–H and O–H groups in total. The topological polar surface area (TPSA) is 108 Å². The summed E-state index contributed by atoms with van der Waals surface area (Å²) >= 11 is 0. The van der Waals surface area contributed by atoms with Crippen molar-refractivity contribution >= 4 is 17.9 Å². The van der Waals surface area contributed by atoms with Gasteiger partial charge in [0.1, 0.15) is 6.54 Å². The minimum absolute atomic E-state index is 0.393. The fraction of sp³-hybridized carbons (Fsp3) is 0.400. The van der Waals surface area contributed by atoms with E-state index in [-0.39, 0.29) is 0 Å². The average molecular weight is 175 g/mol. The summed E-state index contributed by atoms with van der Waals surface area (Å²) in [6.45, 7) is 0.820. The second-order valence-corrected chi connectivity index (χ2v) is 1.89. The molecule has 0 fully saturated rings. The van der Waals surface area contributed by atoms with Crippen molar-refractivity contribution in [1.82, 2.24) is 16.2 Å². The van der Waals surface area contributed by atoms with E-state index in [1.165, 1.54) is 6.92 Å². The molecule has 0 aromatic carbocycles. The summed E-state index contributed by atoms with van der Waals surface area (Å²) in [7, 11) is 0. The van der Waals surface area contributed by atoms with E-state index in [1.807, 2.05) is 16.2 Å². The van der Waals surface area contributed by atoms with Gasteiger partial charge in [-0.15, -0.1) is 0 Å². The molecule has 0 spiro atoms. The van der Waals surface area contributed by atoms with Crippen LogP contribution in [0.2, 0.25) is 0 Å². The number of carbonyl (C=O) groups is 3. The van der Waals surface area contributed by atoms with Gasteiger partial charge in [0.05, 0.1) is 0 Å². The molecule has 0 aromatic heterocycles. The van der Waals surface area contributed by atoms with Crippen LogP contribution in [0.15, 0.2) is 0 Å². The molecule has 0 aliphatic heterocycles. The van der Waals surface area contributed by atoms with Gasteiger partial charge in [0.25, 0.3) is 5.91 Å². The van der Waals surface area contributed by atoms with Gasteiger partial charge in [0.2, 0.25) is 5.91 Å². The SMILES string of the molecule is CC(=O)NNC(=O)CNC(=O)O. The molecular formula is C5H9N3O4. The lowest BCUT2D eigenvalue weighted by Crippen LogP contribution is -2.45. The predicted octanol–water partition coefficient (Wildman–Crippen LogP) is -1.58. The number of carbonyl (C=O) groups excluding carboxylic acids is 2. The highest BCUT2D eigenvalue weighted by Gasteiger charge is 2.02. The van der Waals surface area contributed by atoms with E-state index in [1.54, 1.807) is 0 Å². The molecule has 0 heterocycles. The monoisotopic (exact) mass is 175 g/mol. The molecule has 0 radical (unpaired) electrons. The molecule has 0 saturated heterocycles. The number of hydrogen-bond donors (Lipinski definition) is 4. The van der Waals surface area contributed by atoms with Crippen LogP contribution in [0.1, 0.15) is 6.92 Å². The summed E-state index contributed by atoms with van der Waals surface area (Å²) < 4.78 is 0. The van der Waals surface area contributed by atoms with E-state index in [0.717, 1.165) is 0 Å². The number of carboxylic acid groups (broad SMARTS) is 1. The van der Waals surface area contributed by atoms with Gasteiger partial charge in [-0.25, -0.2) is 4.79 Å².